The van der Waals surface area contributed by atoms with Crippen LogP contribution in [-0.4, -0.2) is 50.7 Å². The third-order valence-corrected chi connectivity index (χ3v) is 5.57. The van der Waals surface area contributed by atoms with E-state index in [-0.39, 0.29) is 12.4 Å². The first-order chi connectivity index (χ1) is 13.7. The van der Waals surface area contributed by atoms with Crippen LogP contribution in [0.1, 0.15) is 36.1 Å². The van der Waals surface area contributed by atoms with E-state index >= 15 is 0 Å². The number of hydrogen-bond donors (Lipinski definition) is 0. The number of halogens is 4. The lowest BCUT2D eigenvalue weighted by Gasteiger charge is -2.28. The van der Waals surface area contributed by atoms with Gasteiger partial charge >= 0.3 is 0 Å². The van der Waals surface area contributed by atoms with Crippen molar-refractivity contribution in [2.24, 2.45) is 0 Å². The molecule has 2 aromatic carbocycles. The molecule has 0 saturated heterocycles. The van der Waals surface area contributed by atoms with Crippen LogP contribution in [0.3, 0.4) is 0 Å². The molecule has 0 aliphatic carbocycles. The van der Waals surface area contributed by atoms with Gasteiger partial charge in [0.25, 0.3) is 0 Å². The van der Waals surface area contributed by atoms with Crippen molar-refractivity contribution in [3.05, 3.63) is 70.8 Å². The summed E-state index contributed by atoms with van der Waals surface area (Å²) in [5, 5.41) is 0. The summed E-state index contributed by atoms with van der Waals surface area (Å²) in [5.41, 5.74) is 4.90. The van der Waals surface area contributed by atoms with Crippen LogP contribution in [0, 0.1) is 11.6 Å². The Balaban J connectivity index is 0. The van der Waals surface area contributed by atoms with Gasteiger partial charge in [-0.2, -0.15) is 0 Å². The van der Waals surface area contributed by atoms with Gasteiger partial charge in [0.05, 0.1) is 20.6 Å². The van der Waals surface area contributed by atoms with Crippen molar-refractivity contribution in [2.75, 3.05) is 41.3 Å². The third-order valence-electron chi connectivity index (χ3n) is 4.62. The zero-order chi connectivity index (χ0) is 22.3. The second-order valence-corrected chi connectivity index (χ2v) is 8.67. The molecule has 0 atom stereocenters. The zero-order valence-electron chi connectivity index (χ0n) is 19.3. The first-order valence-corrected chi connectivity index (χ1v) is 11.7. The van der Waals surface area contributed by atoms with Crippen LogP contribution in [0.2, 0.25) is 0 Å². The molecule has 0 bridgehead atoms. The predicted molar refractivity (Wildman–Crippen MR) is 128 cm³/mol. The molecule has 0 saturated carbocycles. The summed E-state index contributed by atoms with van der Waals surface area (Å²) in [7, 11) is 8.60. The number of nitrogens with zero attached hydrogens (tertiary/aromatic N) is 2. The summed E-state index contributed by atoms with van der Waals surface area (Å²) in [6.07, 6.45) is 0. The van der Waals surface area contributed by atoms with Crippen LogP contribution in [0.4, 0.5) is 0 Å². The summed E-state index contributed by atoms with van der Waals surface area (Å²) < 4.78 is 1.03. The maximum absolute atomic E-state index is 5.74. The Morgan fingerprint density at radius 1 is 0.767 bits per heavy atom. The lowest BCUT2D eigenvalue weighted by atomic mass is 10.1. The third kappa shape index (κ3) is 15.3. The molecule has 0 N–H and O–H groups in total. The van der Waals surface area contributed by atoms with E-state index in [2.05, 4.69) is 71.2 Å². The van der Waals surface area contributed by atoms with Gasteiger partial charge in [0, 0.05) is 22.9 Å². The molecule has 0 aromatic heterocycles. The molecule has 172 valence electrons. The fourth-order valence-electron chi connectivity index (χ4n) is 2.06. The quantitative estimate of drug-likeness (QED) is 0.420. The Morgan fingerprint density at radius 3 is 1.37 bits per heavy atom. The van der Waals surface area contributed by atoms with Crippen LogP contribution < -0.4 is 12.4 Å². The lowest BCUT2D eigenvalue weighted by molar-refractivity contribution is -0.901. The molecular weight excluding hydrogens is 458 g/mol. The standard InChI is InChI=1S/C12H19ClN.C8H9Cl2.C4H11N.ClH/c1-4-14(2,3)10-12-7-5-11(9-13)6-8-12;9-5-7-1-2-8(6-10)4-3-7;1-4-5(2)3;/h5-8H,4,9-10H2,1-3H3;1-4,9H,5-6H2;4H2,1-3H3;1H/q2*+1;;/p-1. The fourth-order valence-corrected chi connectivity index (χ4v) is 2.61. The van der Waals surface area contributed by atoms with Crippen LogP contribution in [0.5, 0.6) is 0 Å². The predicted octanol–water partition coefficient (Wildman–Crippen LogP) is 2.80. The number of hydrogen-bond acceptors (Lipinski definition) is 1. The summed E-state index contributed by atoms with van der Waals surface area (Å²) >= 11 is 16.2. The number of quaternary nitrogens is 1. The molecule has 0 amide bonds. The Hall–Kier alpha value is -0.480. The monoisotopic (exact) mass is 495 g/mol. The molecule has 2 nitrogen and oxygen atoms in total. The molecule has 0 unspecified atom stereocenters. The summed E-state index contributed by atoms with van der Waals surface area (Å²) in [5.74, 6) is 1.87. The molecule has 2 aromatic rings. The Kier molecular flexibility index (Phi) is 19.2. The van der Waals surface area contributed by atoms with Crippen molar-refractivity contribution in [3.63, 3.8) is 0 Å². The Labute approximate surface area is 206 Å². The van der Waals surface area contributed by atoms with Crippen molar-refractivity contribution in [1.82, 2.24) is 4.90 Å². The average molecular weight is 497 g/mol. The average Bonchev–Trinajstić information content (AvgIpc) is 2.75. The van der Waals surface area contributed by atoms with Gasteiger partial charge in [0.1, 0.15) is 18.1 Å². The van der Waals surface area contributed by atoms with Crippen LogP contribution in [-0.2, 0) is 24.2 Å². The van der Waals surface area contributed by atoms with Gasteiger partial charge in [-0.05, 0) is 38.7 Å². The van der Waals surface area contributed by atoms with Crippen molar-refractivity contribution >= 4 is 23.2 Å². The van der Waals surface area contributed by atoms with E-state index in [1.165, 1.54) is 16.7 Å². The molecule has 0 aliphatic rings. The minimum atomic E-state index is 0. The maximum Gasteiger partial charge on any atom is 0.195 e. The minimum absolute atomic E-state index is 0. The highest BCUT2D eigenvalue weighted by Gasteiger charge is 2.12. The maximum atomic E-state index is 5.74. The van der Waals surface area contributed by atoms with Gasteiger partial charge < -0.3 is 21.8 Å². The summed E-state index contributed by atoms with van der Waals surface area (Å²) in [6, 6.07) is 16.6. The second-order valence-electron chi connectivity index (χ2n) is 7.85. The molecule has 0 heterocycles. The minimum Gasteiger partial charge on any atom is -1.00 e. The topological polar surface area (TPSA) is 3.24 Å². The zero-order valence-corrected chi connectivity index (χ0v) is 22.4. The molecule has 0 spiro atoms. The smallest absolute Gasteiger partial charge is 0.195 e. The number of rotatable bonds is 7. The fraction of sp³-hybridized carbons (Fsp3) is 0.500. The van der Waals surface area contributed by atoms with Crippen molar-refractivity contribution in [2.45, 2.75) is 38.0 Å². The summed E-state index contributed by atoms with van der Waals surface area (Å²) in [6.45, 7) is 7.71. The van der Waals surface area contributed by atoms with Gasteiger partial charge in [-0.15, -0.1) is 23.2 Å². The molecular formula is C24H39Cl4N2+. The first-order valence-electron chi connectivity index (χ1n) is 10.0. The van der Waals surface area contributed by atoms with E-state index in [9.17, 15) is 0 Å². The van der Waals surface area contributed by atoms with Gasteiger partial charge in [-0.1, -0.05) is 55.5 Å². The van der Waals surface area contributed by atoms with Crippen molar-refractivity contribution in [1.29, 1.82) is 0 Å². The van der Waals surface area contributed by atoms with Gasteiger partial charge in [-0.3, -0.25) is 0 Å². The van der Waals surface area contributed by atoms with Gasteiger partial charge in [0.15, 0.2) is 5.88 Å². The molecule has 6 heteroatoms. The number of benzene rings is 2. The van der Waals surface area contributed by atoms with Crippen molar-refractivity contribution in [3.8, 4) is 0 Å². The Morgan fingerprint density at radius 2 is 1.10 bits per heavy atom. The highest BCUT2D eigenvalue weighted by molar-refractivity contribution is 6.17. The largest absolute Gasteiger partial charge is 1.00 e. The first kappa shape index (κ1) is 31.7. The second kappa shape index (κ2) is 18.1. The van der Waals surface area contributed by atoms with E-state index in [0.29, 0.717) is 17.6 Å². The van der Waals surface area contributed by atoms with Gasteiger partial charge in [0.2, 0.25) is 0 Å². The molecule has 0 fully saturated rings. The van der Waals surface area contributed by atoms with E-state index in [1.54, 1.807) is 0 Å². The number of alkyl halides is 3. The molecule has 0 radical (unpaired) electrons. The van der Waals surface area contributed by atoms with Crippen LogP contribution in [0.25, 0.3) is 0 Å². The van der Waals surface area contributed by atoms with Crippen LogP contribution >= 0.6 is 23.2 Å². The molecule has 0 aliphatic heterocycles. The van der Waals surface area contributed by atoms with E-state index in [1.807, 2.05) is 24.3 Å². The van der Waals surface area contributed by atoms with E-state index < -0.39 is 0 Å². The van der Waals surface area contributed by atoms with Crippen molar-refractivity contribution < 1.29 is 28.5 Å². The Bertz CT molecular complexity index is 618. The molecule has 2 rings (SSSR count). The van der Waals surface area contributed by atoms with E-state index in [4.69, 9.17) is 34.8 Å². The SMILES string of the molecule is CCN(C)C.CC[N+](C)(C)Cc1ccc(CCl)cc1.ClCc1ccc(C[ClH+])cc1.[Cl-]. The molecule has 30 heavy (non-hydrogen) atoms. The normalized spacial score (nSPS) is 10.3. The highest BCUT2D eigenvalue weighted by atomic mass is 35.5. The van der Waals surface area contributed by atoms with Gasteiger partial charge in [-0.25, -0.2) is 0 Å². The van der Waals surface area contributed by atoms with E-state index in [0.717, 1.165) is 29.7 Å². The highest BCUT2D eigenvalue weighted by Crippen LogP contribution is 2.11. The van der Waals surface area contributed by atoms with Crippen LogP contribution in [0.15, 0.2) is 48.5 Å². The summed E-state index contributed by atoms with van der Waals surface area (Å²) in [4.78, 5) is 2.12. The lowest BCUT2D eigenvalue weighted by Crippen LogP contribution is -3.00.